The Morgan fingerprint density at radius 1 is 1.10 bits per heavy atom. The van der Waals surface area contributed by atoms with E-state index in [1.54, 1.807) is 23.1 Å². The van der Waals surface area contributed by atoms with Crippen molar-refractivity contribution in [1.29, 1.82) is 0 Å². The average Bonchev–Trinajstić information content (AvgIpc) is 3.02. The van der Waals surface area contributed by atoms with Crippen LogP contribution in [0.4, 0.5) is 5.95 Å². The molecule has 162 valence electrons. The average molecular weight is 421 g/mol. The molecule has 1 fully saturated rings. The number of rotatable bonds is 5. The van der Waals surface area contributed by atoms with E-state index in [1.807, 2.05) is 33.8 Å². The Hall–Kier alpha value is -3.36. The van der Waals surface area contributed by atoms with Gasteiger partial charge in [-0.05, 0) is 52.7 Å². The van der Waals surface area contributed by atoms with Gasteiger partial charge in [-0.15, -0.1) is 0 Å². The van der Waals surface area contributed by atoms with Gasteiger partial charge >= 0.3 is 0 Å². The van der Waals surface area contributed by atoms with Crippen LogP contribution in [-0.4, -0.2) is 54.8 Å². The number of nitrogens with zero attached hydrogens (tertiary/aromatic N) is 7. The first-order valence-corrected chi connectivity index (χ1v) is 10.6. The predicted octanol–water partition coefficient (Wildman–Crippen LogP) is 2.01. The fraction of sp³-hybridized carbons (Fsp3) is 0.455. The van der Waals surface area contributed by atoms with Crippen LogP contribution in [0, 0.1) is 27.7 Å². The van der Waals surface area contributed by atoms with Crippen molar-refractivity contribution in [1.82, 2.24) is 35.0 Å². The van der Waals surface area contributed by atoms with Gasteiger partial charge in [0.05, 0.1) is 12.1 Å². The first kappa shape index (κ1) is 20.9. The maximum Gasteiger partial charge on any atom is 0.251 e. The molecular weight excluding hydrogens is 392 g/mol. The topological polar surface area (TPSA) is 102 Å². The second kappa shape index (κ2) is 8.79. The molecule has 0 saturated carbocycles. The lowest BCUT2D eigenvalue weighted by atomic mass is 10.0. The highest BCUT2D eigenvalue weighted by atomic mass is 16.1. The fourth-order valence-corrected chi connectivity index (χ4v) is 4.10. The minimum absolute atomic E-state index is 0.00655. The van der Waals surface area contributed by atoms with Crippen molar-refractivity contribution in [2.45, 2.75) is 53.0 Å². The van der Waals surface area contributed by atoms with E-state index in [0.29, 0.717) is 18.4 Å². The Morgan fingerprint density at radius 3 is 2.52 bits per heavy atom. The molecule has 1 unspecified atom stereocenters. The first-order chi connectivity index (χ1) is 14.9. The monoisotopic (exact) mass is 420 g/mol. The quantitative estimate of drug-likeness (QED) is 0.674. The maximum atomic E-state index is 12.9. The van der Waals surface area contributed by atoms with E-state index < -0.39 is 0 Å². The van der Waals surface area contributed by atoms with Crippen molar-refractivity contribution in [3.05, 3.63) is 52.9 Å². The summed E-state index contributed by atoms with van der Waals surface area (Å²) in [7, 11) is 0. The highest BCUT2D eigenvalue weighted by Gasteiger charge is 2.24. The van der Waals surface area contributed by atoms with E-state index in [1.165, 1.54) is 0 Å². The number of nitrogens with one attached hydrogen (secondary N) is 1. The van der Waals surface area contributed by atoms with E-state index in [2.05, 4.69) is 35.3 Å². The highest BCUT2D eigenvalue weighted by molar-refractivity contribution is 5.79. The molecule has 1 aliphatic rings. The molecule has 1 atom stereocenters. The summed E-state index contributed by atoms with van der Waals surface area (Å²) in [5.74, 6) is 1.24. The van der Waals surface area contributed by atoms with Gasteiger partial charge in [-0.1, -0.05) is 0 Å². The zero-order valence-corrected chi connectivity index (χ0v) is 18.5. The minimum Gasteiger partial charge on any atom is -0.351 e. The van der Waals surface area contributed by atoms with Gasteiger partial charge in [-0.3, -0.25) is 4.79 Å². The van der Waals surface area contributed by atoms with Crippen LogP contribution in [0.2, 0.25) is 0 Å². The Bertz CT molecular complexity index is 1060. The van der Waals surface area contributed by atoms with Gasteiger partial charge < -0.3 is 10.2 Å². The van der Waals surface area contributed by atoms with E-state index >= 15 is 0 Å². The molecule has 0 bridgehead atoms. The Kier molecular flexibility index (Phi) is 5.92. The number of aromatic nitrogens is 6. The van der Waals surface area contributed by atoms with E-state index in [0.717, 1.165) is 47.7 Å². The van der Waals surface area contributed by atoms with E-state index in [9.17, 15) is 4.79 Å². The number of hydrogen-bond acceptors (Lipinski definition) is 7. The third-order valence-corrected chi connectivity index (χ3v) is 5.56. The molecule has 3 aromatic heterocycles. The van der Waals surface area contributed by atoms with Crippen molar-refractivity contribution in [2.24, 2.45) is 0 Å². The van der Waals surface area contributed by atoms with Crippen LogP contribution in [0.25, 0.3) is 5.95 Å². The largest absolute Gasteiger partial charge is 0.351 e. The molecule has 1 N–H and O–H groups in total. The highest BCUT2D eigenvalue weighted by Crippen LogP contribution is 2.19. The van der Waals surface area contributed by atoms with Crippen molar-refractivity contribution in [2.75, 3.05) is 18.0 Å². The van der Waals surface area contributed by atoms with Gasteiger partial charge in [-0.2, -0.15) is 5.10 Å². The van der Waals surface area contributed by atoms with Crippen LogP contribution in [-0.2, 0) is 11.2 Å². The molecule has 0 radical (unpaired) electrons. The van der Waals surface area contributed by atoms with Crippen molar-refractivity contribution in [3.8, 4) is 5.95 Å². The zero-order valence-electron chi connectivity index (χ0n) is 18.5. The molecule has 4 rings (SSSR count). The maximum absolute atomic E-state index is 12.9. The summed E-state index contributed by atoms with van der Waals surface area (Å²) in [5, 5.41) is 7.79. The van der Waals surface area contributed by atoms with Gasteiger partial charge in [0.25, 0.3) is 5.95 Å². The second-order valence-electron chi connectivity index (χ2n) is 8.09. The fourth-order valence-electron chi connectivity index (χ4n) is 4.10. The molecule has 1 aliphatic heterocycles. The molecule has 3 aromatic rings. The smallest absolute Gasteiger partial charge is 0.251 e. The molecule has 9 heteroatoms. The summed E-state index contributed by atoms with van der Waals surface area (Å²) in [4.78, 5) is 32.6. The molecule has 0 aromatic carbocycles. The summed E-state index contributed by atoms with van der Waals surface area (Å²) in [6, 6.07) is 3.81. The molecule has 0 aliphatic carbocycles. The number of amides is 1. The van der Waals surface area contributed by atoms with E-state index in [4.69, 9.17) is 0 Å². The lowest BCUT2D eigenvalue weighted by Gasteiger charge is -2.33. The third kappa shape index (κ3) is 4.70. The van der Waals surface area contributed by atoms with Crippen LogP contribution in [0.15, 0.2) is 24.5 Å². The van der Waals surface area contributed by atoms with Crippen LogP contribution in [0.1, 0.15) is 41.2 Å². The molecule has 9 nitrogen and oxygen atoms in total. The minimum atomic E-state index is -0.00655. The van der Waals surface area contributed by atoms with Crippen molar-refractivity contribution < 1.29 is 4.79 Å². The molecule has 1 amide bonds. The lowest BCUT2D eigenvalue weighted by molar-refractivity contribution is -0.121. The van der Waals surface area contributed by atoms with Gasteiger partial charge in [-0.25, -0.2) is 24.6 Å². The number of carbonyl (C=O) groups excluding carboxylic acids is 1. The number of piperidine rings is 1. The van der Waals surface area contributed by atoms with Gasteiger partial charge in [0.2, 0.25) is 11.9 Å². The van der Waals surface area contributed by atoms with Crippen molar-refractivity contribution in [3.63, 3.8) is 0 Å². The number of hydrogen-bond donors (Lipinski definition) is 1. The lowest BCUT2D eigenvalue weighted by Crippen LogP contribution is -2.48. The van der Waals surface area contributed by atoms with Crippen LogP contribution < -0.4 is 10.2 Å². The van der Waals surface area contributed by atoms with Crippen LogP contribution >= 0.6 is 0 Å². The third-order valence-electron chi connectivity index (χ3n) is 5.56. The van der Waals surface area contributed by atoms with Crippen LogP contribution in [0.3, 0.4) is 0 Å². The Labute approximate surface area is 182 Å². The summed E-state index contributed by atoms with van der Waals surface area (Å²) < 4.78 is 1.73. The SMILES string of the molecule is Cc1cc(C)nc(-n2nc(C)c(CC(=O)NC3CCCN(c4ncccn4)C3)c2C)n1. The summed E-state index contributed by atoms with van der Waals surface area (Å²) in [5.41, 5.74) is 4.40. The normalized spacial score (nSPS) is 16.4. The molecule has 1 saturated heterocycles. The van der Waals surface area contributed by atoms with Crippen molar-refractivity contribution >= 4 is 11.9 Å². The van der Waals surface area contributed by atoms with Gasteiger partial charge in [0.1, 0.15) is 0 Å². The Balaban J connectivity index is 1.45. The second-order valence-corrected chi connectivity index (χ2v) is 8.09. The van der Waals surface area contributed by atoms with E-state index in [-0.39, 0.29) is 18.4 Å². The standard InChI is InChI=1S/C22H28N8O/c1-14-11-15(2)26-22(25-14)30-17(4)19(16(3)28-30)12-20(31)27-18-7-5-10-29(13-18)21-23-8-6-9-24-21/h6,8-9,11,18H,5,7,10,12-13H2,1-4H3,(H,27,31). The first-order valence-electron chi connectivity index (χ1n) is 10.6. The van der Waals surface area contributed by atoms with Gasteiger partial charge in [0.15, 0.2) is 0 Å². The predicted molar refractivity (Wildman–Crippen MR) is 117 cm³/mol. The Morgan fingerprint density at radius 2 is 1.81 bits per heavy atom. The molecule has 4 heterocycles. The summed E-state index contributed by atoms with van der Waals surface area (Å²) >= 11 is 0. The number of aryl methyl sites for hydroxylation is 3. The number of carbonyl (C=O) groups is 1. The summed E-state index contributed by atoms with van der Waals surface area (Å²) in [6.07, 6.45) is 5.70. The summed E-state index contributed by atoms with van der Waals surface area (Å²) in [6.45, 7) is 9.36. The molecule has 0 spiro atoms. The molecule has 31 heavy (non-hydrogen) atoms. The zero-order chi connectivity index (χ0) is 22.0. The number of anilines is 1. The molecular formula is C22H28N8O. The van der Waals surface area contributed by atoms with Gasteiger partial charge in [0, 0.05) is 54.2 Å². The van der Waals surface area contributed by atoms with Crippen LogP contribution in [0.5, 0.6) is 0 Å².